The number of carbonyl (C=O) groups excluding carboxylic acids is 2. The van der Waals surface area contributed by atoms with Crippen LogP contribution in [0, 0.1) is 0 Å². The summed E-state index contributed by atoms with van der Waals surface area (Å²) in [7, 11) is 0. The van der Waals surface area contributed by atoms with E-state index in [1.807, 2.05) is 30.2 Å². The predicted molar refractivity (Wildman–Crippen MR) is 104 cm³/mol. The molecule has 1 unspecified atom stereocenters. The molecule has 2 saturated heterocycles. The second-order valence-corrected chi connectivity index (χ2v) is 7.91. The maximum Gasteiger partial charge on any atom is 0.290 e. The third kappa shape index (κ3) is 3.98. The second-order valence-electron chi connectivity index (χ2n) is 7.91. The van der Waals surface area contributed by atoms with Crippen molar-refractivity contribution in [1.29, 1.82) is 0 Å². The molecule has 2 bridgehead atoms. The molecule has 2 aliphatic rings. The zero-order valence-corrected chi connectivity index (χ0v) is 16.3. The Kier molecular flexibility index (Phi) is 5.50. The van der Waals surface area contributed by atoms with Gasteiger partial charge in [0.25, 0.3) is 5.91 Å². The number of nitrogens with one attached hydrogen (secondary N) is 1. The molecule has 3 atom stereocenters. The van der Waals surface area contributed by atoms with Crippen LogP contribution in [0.4, 0.5) is 0 Å². The minimum atomic E-state index is -0.0280. The Morgan fingerprint density at radius 3 is 2.71 bits per heavy atom. The summed E-state index contributed by atoms with van der Waals surface area (Å²) in [6.07, 6.45) is 9.79. The molecule has 0 aliphatic carbocycles. The maximum absolute atomic E-state index is 13.2. The fraction of sp³-hybridized carbons (Fsp3) is 0.571. The number of fused-ring (bicyclic) bond motifs is 2. The second kappa shape index (κ2) is 8.20. The van der Waals surface area contributed by atoms with E-state index in [-0.39, 0.29) is 29.9 Å². The van der Waals surface area contributed by atoms with Crippen molar-refractivity contribution in [3.05, 3.63) is 42.1 Å². The molecule has 2 aliphatic heterocycles. The lowest BCUT2D eigenvalue weighted by molar-refractivity contribution is -0.122. The number of piperidine rings is 2. The topological polar surface area (TPSA) is 80.4 Å². The van der Waals surface area contributed by atoms with E-state index in [4.69, 9.17) is 4.42 Å². The van der Waals surface area contributed by atoms with Gasteiger partial charge in [0.05, 0.1) is 6.54 Å². The summed E-state index contributed by atoms with van der Waals surface area (Å²) in [5.41, 5.74) is 0. The Labute approximate surface area is 165 Å². The first kappa shape index (κ1) is 18.8. The smallest absolute Gasteiger partial charge is 0.290 e. The van der Waals surface area contributed by atoms with E-state index < -0.39 is 0 Å². The standard InChI is InChI=1S/C21H28N4O3/c1-2-5-20(26)23-15-12-16-6-3-7-17(13-15)25(16)21(27)19-9-8-18(28-19)14-24-11-4-10-22-24/h4,8-11,15-17H,2-3,5-7,12-14H2,1H3,(H,23,26)/t15?,16-,17+. The van der Waals surface area contributed by atoms with Gasteiger partial charge in [0.15, 0.2) is 5.76 Å². The van der Waals surface area contributed by atoms with E-state index in [1.165, 1.54) is 0 Å². The fourth-order valence-corrected chi connectivity index (χ4v) is 4.62. The van der Waals surface area contributed by atoms with Gasteiger partial charge in [-0.2, -0.15) is 5.10 Å². The number of furan rings is 1. The molecule has 4 rings (SSSR count). The van der Waals surface area contributed by atoms with Crippen LogP contribution in [-0.4, -0.2) is 44.6 Å². The van der Waals surface area contributed by atoms with E-state index >= 15 is 0 Å². The molecule has 2 amide bonds. The molecule has 28 heavy (non-hydrogen) atoms. The number of amides is 2. The summed E-state index contributed by atoms with van der Waals surface area (Å²) in [4.78, 5) is 27.2. The van der Waals surface area contributed by atoms with Gasteiger partial charge < -0.3 is 14.6 Å². The van der Waals surface area contributed by atoms with Crippen molar-refractivity contribution in [3.8, 4) is 0 Å². The number of aromatic nitrogens is 2. The molecule has 4 heterocycles. The van der Waals surface area contributed by atoms with Gasteiger partial charge in [-0.3, -0.25) is 14.3 Å². The van der Waals surface area contributed by atoms with Gasteiger partial charge in [0, 0.05) is 36.9 Å². The van der Waals surface area contributed by atoms with Crippen LogP contribution in [0.1, 0.15) is 68.2 Å². The predicted octanol–water partition coefficient (Wildman–Crippen LogP) is 2.97. The first-order valence-electron chi connectivity index (χ1n) is 10.3. The summed E-state index contributed by atoms with van der Waals surface area (Å²) in [5.74, 6) is 1.21. The lowest BCUT2D eigenvalue weighted by Crippen LogP contribution is -2.58. The van der Waals surface area contributed by atoms with Crippen LogP contribution in [0.3, 0.4) is 0 Å². The third-order valence-corrected chi connectivity index (χ3v) is 5.80. The number of carbonyl (C=O) groups is 2. The number of nitrogens with zero attached hydrogens (tertiary/aromatic N) is 3. The molecule has 0 aromatic carbocycles. The Balaban J connectivity index is 1.43. The summed E-state index contributed by atoms with van der Waals surface area (Å²) in [6, 6.07) is 6.00. The highest BCUT2D eigenvalue weighted by atomic mass is 16.4. The monoisotopic (exact) mass is 384 g/mol. The van der Waals surface area contributed by atoms with E-state index in [0.29, 0.717) is 18.7 Å². The quantitative estimate of drug-likeness (QED) is 0.830. The lowest BCUT2D eigenvalue weighted by Gasteiger charge is -2.48. The molecule has 0 spiro atoms. The Hall–Kier alpha value is -2.57. The van der Waals surface area contributed by atoms with Crippen LogP contribution in [0.25, 0.3) is 0 Å². The van der Waals surface area contributed by atoms with Crippen molar-refractivity contribution < 1.29 is 14.0 Å². The van der Waals surface area contributed by atoms with Crippen LogP contribution in [0.5, 0.6) is 0 Å². The molecule has 0 saturated carbocycles. The van der Waals surface area contributed by atoms with Gasteiger partial charge in [0.2, 0.25) is 5.91 Å². The molecular weight excluding hydrogens is 356 g/mol. The van der Waals surface area contributed by atoms with Crippen LogP contribution in [0.2, 0.25) is 0 Å². The van der Waals surface area contributed by atoms with Gasteiger partial charge in [0.1, 0.15) is 5.76 Å². The zero-order chi connectivity index (χ0) is 19.5. The lowest BCUT2D eigenvalue weighted by atomic mass is 9.81. The summed E-state index contributed by atoms with van der Waals surface area (Å²) in [5, 5.41) is 7.34. The highest BCUT2D eigenvalue weighted by molar-refractivity contribution is 5.92. The van der Waals surface area contributed by atoms with Crippen molar-refractivity contribution in [1.82, 2.24) is 20.0 Å². The SMILES string of the molecule is CCCC(=O)NC1C[C@H]2CCC[C@@H](C1)N2C(=O)c1ccc(Cn2cccn2)o1. The van der Waals surface area contributed by atoms with Crippen LogP contribution < -0.4 is 5.32 Å². The molecule has 7 heteroatoms. The van der Waals surface area contributed by atoms with Crippen LogP contribution in [0.15, 0.2) is 35.0 Å². The van der Waals surface area contributed by atoms with Crippen molar-refractivity contribution in [2.45, 2.75) is 76.5 Å². The van der Waals surface area contributed by atoms with Crippen molar-refractivity contribution in [2.75, 3.05) is 0 Å². The summed E-state index contributed by atoms with van der Waals surface area (Å²) >= 11 is 0. The highest BCUT2D eigenvalue weighted by Crippen LogP contribution is 2.35. The van der Waals surface area contributed by atoms with Gasteiger partial charge in [-0.15, -0.1) is 0 Å². The average molecular weight is 384 g/mol. The van der Waals surface area contributed by atoms with Gasteiger partial charge >= 0.3 is 0 Å². The fourth-order valence-electron chi connectivity index (χ4n) is 4.62. The van der Waals surface area contributed by atoms with Crippen LogP contribution >= 0.6 is 0 Å². The largest absolute Gasteiger partial charge is 0.454 e. The maximum atomic E-state index is 13.2. The van der Waals surface area contributed by atoms with Gasteiger partial charge in [-0.1, -0.05) is 6.92 Å². The minimum absolute atomic E-state index is 0.0280. The Morgan fingerprint density at radius 2 is 2.04 bits per heavy atom. The van der Waals surface area contributed by atoms with E-state index in [1.54, 1.807) is 16.9 Å². The van der Waals surface area contributed by atoms with E-state index in [2.05, 4.69) is 10.4 Å². The molecule has 2 aromatic heterocycles. The third-order valence-electron chi connectivity index (χ3n) is 5.80. The number of hydrogen-bond acceptors (Lipinski definition) is 4. The van der Waals surface area contributed by atoms with E-state index in [9.17, 15) is 9.59 Å². The van der Waals surface area contributed by atoms with Crippen molar-refractivity contribution >= 4 is 11.8 Å². The molecule has 0 radical (unpaired) electrons. The number of hydrogen-bond donors (Lipinski definition) is 1. The Morgan fingerprint density at radius 1 is 1.25 bits per heavy atom. The summed E-state index contributed by atoms with van der Waals surface area (Å²) in [6.45, 7) is 2.53. The Bertz CT molecular complexity index is 799. The summed E-state index contributed by atoms with van der Waals surface area (Å²) < 4.78 is 7.61. The number of rotatable bonds is 6. The van der Waals surface area contributed by atoms with E-state index in [0.717, 1.165) is 44.3 Å². The first-order chi connectivity index (χ1) is 13.6. The van der Waals surface area contributed by atoms with Crippen LogP contribution in [-0.2, 0) is 11.3 Å². The molecule has 1 N–H and O–H groups in total. The van der Waals surface area contributed by atoms with Crippen molar-refractivity contribution in [2.24, 2.45) is 0 Å². The molecule has 7 nitrogen and oxygen atoms in total. The first-order valence-corrected chi connectivity index (χ1v) is 10.3. The minimum Gasteiger partial charge on any atom is -0.454 e. The normalized spacial score (nSPS) is 24.2. The highest BCUT2D eigenvalue weighted by Gasteiger charge is 2.42. The zero-order valence-electron chi connectivity index (χ0n) is 16.3. The molecule has 150 valence electrons. The van der Waals surface area contributed by atoms with Gasteiger partial charge in [-0.25, -0.2) is 0 Å². The molecular formula is C21H28N4O3. The van der Waals surface area contributed by atoms with Gasteiger partial charge in [-0.05, 0) is 56.7 Å². The molecule has 2 fully saturated rings. The average Bonchev–Trinajstić information content (AvgIpc) is 3.33. The van der Waals surface area contributed by atoms with Crippen molar-refractivity contribution in [3.63, 3.8) is 0 Å². The molecule has 2 aromatic rings.